The predicted molar refractivity (Wildman–Crippen MR) is 137 cm³/mol. The Morgan fingerprint density at radius 3 is 2.50 bits per heavy atom. The summed E-state index contributed by atoms with van der Waals surface area (Å²) in [6.07, 6.45) is 5.87. The molecule has 1 unspecified atom stereocenters. The molecule has 0 saturated heterocycles. The molecule has 6 nitrogen and oxygen atoms in total. The molecule has 0 spiro atoms. The van der Waals surface area contributed by atoms with E-state index in [0.29, 0.717) is 12.6 Å². The highest BCUT2D eigenvalue weighted by Gasteiger charge is 2.23. The Hall–Kier alpha value is -3.48. The predicted octanol–water partition coefficient (Wildman–Crippen LogP) is 4.95. The van der Waals surface area contributed by atoms with E-state index >= 15 is 0 Å². The van der Waals surface area contributed by atoms with Crippen LogP contribution in [0.2, 0.25) is 0 Å². The van der Waals surface area contributed by atoms with Crippen LogP contribution in [0.3, 0.4) is 0 Å². The van der Waals surface area contributed by atoms with E-state index in [1.165, 1.54) is 11.1 Å². The topological polar surface area (TPSA) is 66.1 Å². The zero-order valence-electron chi connectivity index (χ0n) is 20.0. The van der Waals surface area contributed by atoms with Gasteiger partial charge in [0.05, 0.1) is 11.4 Å². The zero-order chi connectivity index (χ0) is 23.5. The SMILES string of the molecule is CNC1CCc2cc(-c3nc(-c4ccc(OCCN(C)C)cc4)[nH]c3-c3ccncc3)ccc21. The van der Waals surface area contributed by atoms with Gasteiger partial charge >= 0.3 is 0 Å². The summed E-state index contributed by atoms with van der Waals surface area (Å²) in [4.78, 5) is 14.9. The molecule has 0 saturated carbocycles. The molecule has 2 N–H and O–H groups in total. The number of aryl methyl sites for hydroxylation is 1. The first-order valence-electron chi connectivity index (χ1n) is 11.8. The Morgan fingerprint density at radius 1 is 1.00 bits per heavy atom. The van der Waals surface area contributed by atoms with Crippen molar-refractivity contribution < 1.29 is 4.74 Å². The Balaban J connectivity index is 1.49. The van der Waals surface area contributed by atoms with E-state index in [1.807, 2.05) is 57.8 Å². The molecule has 174 valence electrons. The standard InChI is InChI=1S/C28H31N5O/c1-29-25-11-7-21-18-22(6-10-24(21)25)27-26(19-12-14-30-15-13-19)31-28(32-27)20-4-8-23(9-5-20)34-17-16-33(2)3/h4-6,8-10,12-15,18,25,29H,7,11,16-17H2,1-3H3,(H,31,32). The number of nitrogens with one attached hydrogen (secondary N) is 2. The van der Waals surface area contributed by atoms with Gasteiger partial charge in [-0.25, -0.2) is 4.98 Å². The number of aromatic nitrogens is 3. The monoisotopic (exact) mass is 453 g/mol. The van der Waals surface area contributed by atoms with Crippen LogP contribution in [0.1, 0.15) is 23.6 Å². The second kappa shape index (κ2) is 9.79. The summed E-state index contributed by atoms with van der Waals surface area (Å²) in [7, 11) is 6.12. The number of hydrogen-bond donors (Lipinski definition) is 2. The normalized spacial score (nSPS) is 15.0. The van der Waals surface area contributed by atoms with E-state index < -0.39 is 0 Å². The van der Waals surface area contributed by atoms with Crippen LogP contribution in [0.25, 0.3) is 33.9 Å². The van der Waals surface area contributed by atoms with Gasteiger partial charge in [-0.15, -0.1) is 0 Å². The van der Waals surface area contributed by atoms with Gasteiger partial charge in [-0.2, -0.15) is 0 Å². The summed E-state index contributed by atoms with van der Waals surface area (Å²) in [6.45, 7) is 1.55. The number of fused-ring (bicyclic) bond motifs is 1. The van der Waals surface area contributed by atoms with Crippen molar-refractivity contribution in [3.05, 3.63) is 78.1 Å². The smallest absolute Gasteiger partial charge is 0.138 e. The van der Waals surface area contributed by atoms with E-state index in [4.69, 9.17) is 9.72 Å². The van der Waals surface area contributed by atoms with E-state index in [-0.39, 0.29) is 0 Å². The third-order valence-corrected chi connectivity index (χ3v) is 6.45. The van der Waals surface area contributed by atoms with Crippen molar-refractivity contribution in [2.75, 3.05) is 34.3 Å². The fourth-order valence-electron chi connectivity index (χ4n) is 4.57. The number of rotatable bonds is 8. The Kier molecular flexibility index (Phi) is 6.43. The molecule has 2 heterocycles. The van der Waals surface area contributed by atoms with Crippen molar-refractivity contribution in [2.24, 2.45) is 0 Å². The van der Waals surface area contributed by atoms with E-state index in [1.54, 1.807) is 0 Å². The second-order valence-electron chi connectivity index (χ2n) is 9.01. The first-order chi connectivity index (χ1) is 16.6. The molecule has 2 aromatic carbocycles. The van der Waals surface area contributed by atoms with E-state index in [2.05, 4.69) is 50.5 Å². The number of likely N-dealkylation sites (N-methyl/N-ethyl adjacent to an activating group) is 1. The van der Waals surface area contributed by atoms with Gasteiger partial charge in [0.1, 0.15) is 18.2 Å². The highest BCUT2D eigenvalue weighted by atomic mass is 16.5. The van der Waals surface area contributed by atoms with E-state index in [0.717, 1.165) is 59.0 Å². The van der Waals surface area contributed by atoms with Crippen molar-refractivity contribution in [3.8, 4) is 39.7 Å². The highest BCUT2D eigenvalue weighted by Crippen LogP contribution is 2.37. The minimum atomic E-state index is 0.442. The van der Waals surface area contributed by atoms with Crippen molar-refractivity contribution in [2.45, 2.75) is 18.9 Å². The summed E-state index contributed by atoms with van der Waals surface area (Å²) >= 11 is 0. The molecule has 2 aromatic heterocycles. The van der Waals surface area contributed by atoms with Crippen molar-refractivity contribution in [1.82, 2.24) is 25.2 Å². The third-order valence-electron chi connectivity index (χ3n) is 6.45. The first kappa shape index (κ1) is 22.3. The zero-order valence-corrected chi connectivity index (χ0v) is 20.0. The lowest BCUT2D eigenvalue weighted by Crippen LogP contribution is -2.19. The van der Waals surface area contributed by atoms with Gasteiger partial charge in [0, 0.05) is 41.7 Å². The molecule has 1 atom stereocenters. The van der Waals surface area contributed by atoms with Crippen LogP contribution in [0.5, 0.6) is 5.75 Å². The van der Waals surface area contributed by atoms with Crippen LogP contribution in [0, 0.1) is 0 Å². The lowest BCUT2D eigenvalue weighted by Gasteiger charge is -2.11. The fourth-order valence-corrected chi connectivity index (χ4v) is 4.57. The molecule has 0 amide bonds. The number of imidazole rings is 1. The molecule has 5 rings (SSSR count). The van der Waals surface area contributed by atoms with Crippen LogP contribution in [-0.2, 0) is 6.42 Å². The van der Waals surface area contributed by atoms with Gasteiger partial charge < -0.3 is 19.9 Å². The van der Waals surface area contributed by atoms with Crippen LogP contribution < -0.4 is 10.1 Å². The molecule has 6 heteroatoms. The lowest BCUT2D eigenvalue weighted by atomic mass is 10.0. The van der Waals surface area contributed by atoms with Gasteiger partial charge in [0.15, 0.2) is 0 Å². The molecule has 4 aromatic rings. The minimum Gasteiger partial charge on any atom is -0.492 e. The third kappa shape index (κ3) is 4.60. The van der Waals surface area contributed by atoms with E-state index in [9.17, 15) is 0 Å². The summed E-state index contributed by atoms with van der Waals surface area (Å²) in [5.74, 6) is 1.71. The minimum absolute atomic E-state index is 0.442. The number of benzene rings is 2. The summed E-state index contributed by atoms with van der Waals surface area (Å²) in [5, 5.41) is 3.42. The van der Waals surface area contributed by atoms with Gasteiger partial charge in [-0.05, 0) is 87.6 Å². The summed E-state index contributed by atoms with van der Waals surface area (Å²) in [5.41, 5.74) is 8.00. The Labute approximate surface area is 201 Å². The van der Waals surface area contributed by atoms with Crippen LogP contribution >= 0.6 is 0 Å². The number of H-pyrrole nitrogens is 1. The Bertz CT molecular complexity index is 1250. The van der Waals surface area contributed by atoms with Crippen molar-refractivity contribution in [1.29, 1.82) is 0 Å². The van der Waals surface area contributed by atoms with Crippen molar-refractivity contribution in [3.63, 3.8) is 0 Å². The number of hydrogen-bond acceptors (Lipinski definition) is 5. The quantitative estimate of drug-likeness (QED) is 0.395. The molecule has 0 aliphatic heterocycles. The lowest BCUT2D eigenvalue weighted by molar-refractivity contribution is 0.261. The molecule has 1 aliphatic rings. The second-order valence-corrected chi connectivity index (χ2v) is 9.01. The van der Waals surface area contributed by atoms with Gasteiger partial charge in [-0.1, -0.05) is 12.1 Å². The molecule has 1 aliphatic carbocycles. The Morgan fingerprint density at radius 2 is 1.76 bits per heavy atom. The van der Waals surface area contributed by atoms with Gasteiger partial charge in [-0.3, -0.25) is 4.98 Å². The molecular weight excluding hydrogens is 422 g/mol. The molecule has 0 bridgehead atoms. The fraction of sp³-hybridized carbons (Fsp3) is 0.286. The highest BCUT2D eigenvalue weighted by molar-refractivity contribution is 5.81. The maximum Gasteiger partial charge on any atom is 0.138 e. The van der Waals surface area contributed by atoms with Gasteiger partial charge in [0.25, 0.3) is 0 Å². The molecule has 0 radical (unpaired) electrons. The van der Waals surface area contributed by atoms with Gasteiger partial charge in [0.2, 0.25) is 0 Å². The number of nitrogens with zero attached hydrogens (tertiary/aromatic N) is 3. The number of ether oxygens (including phenoxy) is 1. The van der Waals surface area contributed by atoms with Crippen LogP contribution in [0.15, 0.2) is 67.0 Å². The van der Waals surface area contributed by atoms with Crippen LogP contribution in [0.4, 0.5) is 0 Å². The summed E-state index contributed by atoms with van der Waals surface area (Å²) in [6, 6.07) is 19.4. The molecule has 0 fully saturated rings. The maximum absolute atomic E-state index is 5.85. The largest absolute Gasteiger partial charge is 0.492 e. The maximum atomic E-state index is 5.85. The first-order valence-corrected chi connectivity index (χ1v) is 11.8. The average Bonchev–Trinajstić information content (AvgIpc) is 3.49. The van der Waals surface area contributed by atoms with Crippen molar-refractivity contribution >= 4 is 0 Å². The summed E-state index contributed by atoms with van der Waals surface area (Å²) < 4.78 is 5.85. The van der Waals surface area contributed by atoms with Crippen LogP contribution in [-0.4, -0.2) is 54.1 Å². The average molecular weight is 454 g/mol. The number of pyridine rings is 1. The molecule has 34 heavy (non-hydrogen) atoms. The number of aromatic amines is 1. The molecular formula is C28H31N5O.